The summed E-state index contributed by atoms with van der Waals surface area (Å²) in [5.74, 6) is 0.562. The van der Waals surface area contributed by atoms with Crippen LogP contribution in [-0.2, 0) is 0 Å². The molecule has 0 bridgehead atoms. The minimum Gasteiger partial charge on any atom is -0.383 e. The second-order valence-electron chi connectivity index (χ2n) is 6.05. The average Bonchev–Trinajstić information content (AvgIpc) is 2.67. The minimum absolute atomic E-state index is 0.562. The molecule has 3 rings (SSSR count). The Hall–Kier alpha value is -2.61. The first-order valence-electron chi connectivity index (χ1n) is 8.62. The quantitative estimate of drug-likeness (QED) is 0.593. The Balaban J connectivity index is 1.80. The Bertz CT molecular complexity index is 769. The summed E-state index contributed by atoms with van der Waals surface area (Å²) in [4.78, 5) is 4.64. The van der Waals surface area contributed by atoms with Crippen molar-refractivity contribution in [2.24, 2.45) is 10.7 Å². The summed E-state index contributed by atoms with van der Waals surface area (Å²) in [6.07, 6.45) is 19.5. The molecule has 0 aromatic heterocycles. The number of benzene rings is 1. The highest BCUT2D eigenvalue weighted by atomic mass is 14.9. The first-order chi connectivity index (χ1) is 11.8. The SMILES string of the molecule is C/C=C(\N=C(N)c1ccc(C2=CC=CCC2)cc1)C1=CCCC=C1. The summed E-state index contributed by atoms with van der Waals surface area (Å²) in [5.41, 5.74) is 11.9. The maximum atomic E-state index is 6.24. The molecule has 2 nitrogen and oxygen atoms in total. The normalized spacial score (nSPS) is 18.4. The van der Waals surface area contributed by atoms with E-state index in [1.807, 2.05) is 13.0 Å². The van der Waals surface area contributed by atoms with E-state index in [-0.39, 0.29) is 0 Å². The van der Waals surface area contributed by atoms with E-state index < -0.39 is 0 Å². The van der Waals surface area contributed by atoms with Crippen LogP contribution in [0.1, 0.15) is 43.7 Å². The minimum atomic E-state index is 0.562. The molecule has 0 saturated carbocycles. The van der Waals surface area contributed by atoms with Gasteiger partial charge in [0.15, 0.2) is 0 Å². The van der Waals surface area contributed by atoms with Crippen LogP contribution in [0.4, 0.5) is 0 Å². The Labute approximate surface area is 144 Å². The molecule has 0 unspecified atom stereocenters. The van der Waals surface area contributed by atoms with Crippen molar-refractivity contribution in [2.75, 3.05) is 0 Å². The highest BCUT2D eigenvalue weighted by molar-refractivity contribution is 5.98. The van der Waals surface area contributed by atoms with Crippen molar-refractivity contribution in [2.45, 2.75) is 32.6 Å². The Kier molecular flexibility index (Phi) is 5.27. The van der Waals surface area contributed by atoms with Crippen LogP contribution in [0.2, 0.25) is 0 Å². The molecule has 122 valence electrons. The molecule has 0 radical (unpaired) electrons. The molecule has 0 spiro atoms. The zero-order chi connectivity index (χ0) is 16.8. The lowest BCUT2D eigenvalue weighted by atomic mass is 9.96. The molecule has 2 aliphatic rings. The van der Waals surface area contributed by atoms with E-state index in [0.717, 1.165) is 42.5 Å². The highest BCUT2D eigenvalue weighted by Crippen LogP contribution is 2.24. The van der Waals surface area contributed by atoms with Crippen molar-refractivity contribution in [1.82, 2.24) is 0 Å². The van der Waals surface area contributed by atoms with Crippen LogP contribution in [-0.4, -0.2) is 5.84 Å². The summed E-state index contributed by atoms with van der Waals surface area (Å²) >= 11 is 0. The molecule has 0 fully saturated rings. The molecule has 0 heterocycles. The molecule has 24 heavy (non-hydrogen) atoms. The van der Waals surface area contributed by atoms with E-state index in [1.165, 1.54) is 11.1 Å². The van der Waals surface area contributed by atoms with Gasteiger partial charge in [-0.2, -0.15) is 0 Å². The van der Waals surface area contributed by atoms with Gasteiger partial charge in [0.25, 0.3) is 0 Å². The van der Waals surface area contributed by atoms with Crippen molar-refractivity contribution in [3.05, 3.63) is 89.2 Å². The van der Waals surface area contributed by atoms with Gasteiger partial charge in [0.1, 0.15) is 5.84 Å². The zero-order valence-electron chi connectivity index (χ0n) is 14.2. The lowest BCUT2D eigenvalue weighted by Gasteiger charge is -2.11. The topological polar surface area (TPSA) is 38.4 Å². The van der Waals surface area contributed by atoms with Gasteiger partial charge in [-0.05, 0) is 49.3 Å². The van der Waals surface area contributed by atoms with E-state index >= 15 is 0 Å². The first-order valence-corrected chi connectivity index (χ1v) is 8.62. The van der Waals surface area contributed by atoms with Gasteiger partial charge in [-0.25, -0.2) is 4.99 Å². The molecule has 0 saturated heterocycles. The first kappa shape index (κ1) is 16.3. The second kappa shape index (κ2) is 7.78. The molecule has 2 aliphatic carbocycles. The number of rotatable bonds is 4. The number of aliphatic imine (C=N–C) groups is 1. The van der Waals surface area contributed by atoms with Crippen LogP contribution in [0.5, 0.6) is 0 Å². The van der Waals surface area contributed by atoms with Crippen LogP contribution >= 0.6 is 0 Å². The van der Waals surface area contributed by atoms with Gasteiger partial charge in [-0.1, -0.05) is 66.8 Å². The van der Waals surface area contributed by atoms with Crippen LogP contribution in [0.15, 0.2) is 83.1 Å². The molecule has 0 aliphatic heterocycles. The van der Waals surface area contributed by atoms with Crippen LogP contribution in [0.3, 0.4) is 0 Å². The van der Waals surface area contributed by atoms with Crippen molar-refractivity contribution in [1.29, 1.82) is 0 Å². The van der Waals surface area contributed by atoms with Gasteiger partial charge in [0.05, 0.1) is 5.70 Å². The van der Waals surface area contributed by atoms with Crippen molar-refractivity contribution < 1.29 is 0 Å². The summed E-state index contributed by atoms with van der Waals surface area (Å²) in [5, 5.41) is 0. The third-order valence-electron chi connectivity index (χ3n) is 4.37. The summed E-state index contributed by atoms with van der Waals surface area (Å²) in [6, 6.07) is 8.40. The summed E-state index contributed by atoms with van der Waals surface area (Å²) < 4.78 is 0. The Morgan fingerprint density at radius 2 is 1.92 bits per heavy atom. The van der Waals surface area contributed by atoms with E-state index in [0.29, 0.717) is 5.84 Å². The highest BCUT2D eigenvalue weighted by Gasteiger charge is 2.07. The number of hydrogen-bond donors (Lipinski definition) is 1. The van der Waals surface area contributed by atoms with E-state index in [9.17, 15) is 0 Å². The second-order valence-corrected chi connectivity index (χ2v) is 6.05. The van der Waals surface area contributed by atoms with Crippen LogP contribution < -0.4 is 5.73 Å². The molecule has 2 N–H and O–H groups in total. The fourth-order valence-electron chi connectivity index (χ4n) is 2.99. The van der Waals surface area contributed by atoms with Crippen LogP contribution in [0.25, 0.3) is 5.57 Å². The fourth-order valence-corrected chi connectivity index (χ4v) is 2.99. The lowest BCUT2D eigenvalue weighted by Crippen LogP contribution is -2.14. The number of allylic oxidation sites excluding steroid dienone is 8. The van der Waals surface area contributed by atoms with Gasteiger partial charge >= 0.3 is 0 Å². The molecular weight excluding hydrogens is 292 g/mol. The predicted octanol–water partition coefficient (Wildman–Crippen LogP) is 5.31. The van der Waals surface area contributed by atoms with E-state index in [2.05, 4.69) is 65.7 Å². The van der Waals surface area contributed by atoms with Gasteiger partial charge in [-0.15, -0.1) is 0 Å². The van der Waals surface area contributed by atoms with Gasteiger partial charge in [0.2, 0.25) is 0 Å². The smallest absolute Gasteiger partial charge is 0.131 e. The number of amidine groups is 1. The third-order valence-corrected chi connectivity index (χ3v) is 4.37. The van der Waals surface area contributed by atoms with Gasteiger partial charge in [0, 0.05) is 5.56 Å². The molecule has 1 aromatic rings. The third kappa shape index (κ3) is 3.83. The number of nitrogens with two attached hydrogens (primary N) is 1. The maximum absolute atomic E-state index is 6.24. The van der Waals surface area contributed by atoms with Crippen molar-refractivity contribution in [3.63, 3.8) is 0 Å². The van der Waals surface area contributed by atoms with Crippen molar-refractivity contribution in [3.8, 4) is 0 Å². The van der Waals surface area contributed by atoms with Crippen LogP contribution in [0, 0.1) is 0 Å². The molecule has 1 aromatic carbocycles. The maximum Gasteiger partial charge on any atom is 0.131 e. The Morgan fingerprint density at radius 3 is 2.54 bits per heavy atom. The molecular formula is C22H24N2. The lowest BCUT2D eigenvalue weighted by molar-refractivity contribution is 1.01. The van der Waals surface area contributed by atoms with E-state index in [1.54, 1.807) is 0 Å². The molecule has 2 heteroatoms. The summed E-state index contributed by atoms with van der Waals surface area (Å²) in [7, 11) is 0. The molecule has 0 amide bonds. The number of hydrogen-bond acceptors (Lipinski definition) is 1. The van der Waals surface area contributed by atoms with Crippen molar-refractivity contribution >= 4 is 11.4 Å². The number of nitrogens with zero attached hydrogens (tertiary/aromatic N) is 1. The average molecular weight is 316 g/mol. The fraction of sp³-hybridized carbons (Fsp3) is 0.227. The van der Waals surface area contributed by atoms with E-state index in [4.69, 9.17) is 5.73 Å². The monoisotopic (exact) mass is 316 g/mol. The zero-order valence-corrected chi connectivity index (χ0v) is 14.2. The largest absolute Gasteiger partial charge is 0.383 e. The standard InChI is InChI=1S/C22H24N2/c1-2-21(19-11-7-4-8-12-19)24-22(23)20-15-13-18(14-16-20)17-9-5-3-6-10-17/h2-3,5,7,9,11-16H,4,6,8,10H2,1H3,(H2,23,24)/b21-2-. The van der Waals surface area contributed by atoms with Gasteiger partial charge in [-0.3, -0.25) is 0 Å². The Morgan fingerprint density at radius 1 is 1.08 bits per heavy atom. The predicted molar refractivity (Wildman–Crippen MR) is 104 cm³/mol. The van der Waals surface area contributed by atoms with Gasteiger partial charge < -0.3 is 5.73 Å². The molecule has 0 atom stereocenters. The summed E-state index contributed by atoms with van der Waals surface area (Å²) in [6.45, 7) is 2.00.